The summed E-state index contributed by atoms with van der Waals surface area (Å²) >= 11 is 1.93. The molecule has 0 aromatic carbocycles. The summed E-state index contributed by atoms with van der Waals surface area (Å²) in [6.07, 6.45) is 4.06. The lowest BCUT2D eigenvalue weighted by Gasteiger charge is -2.07. The monoisotopic (exact) mass is 186 g/mol. The molecule has 1 rings (SSSR count). The highest BCUT2D eigenvalue weighted by Gasteiger charge is 2.17. The lowest BCUT2D eigenvalue weighted by Crippen LogP contribution is -2.03. The van der Waals surface area contributed by atoms with Gasteiger partial charge in [0.15, 0.2) is 0 Å². The normalized spacial score (nSPS) is 24.2. The van der Waals surface area contributed by atoms with Crippen LogP contribution in [0.5, 0.6) is 0 Å². The van der Waals surface area contributed by atoms with Crippen molar-refractivity contribution in [3.05, 3.63) is 11.6 Å². The molecule has 1 aliphatic rings. The summed E-state index contributed by atoms with van der Waals surface area (Å²) in [6, 6.07) is 0. The summed E-state index contributed by atoms with van der Waals surface area (Å²) in [7, 11) is 1.41. The van der Waals surface area contributed by atoms with Crippen molar-refractivity contribution in [2.45, 2.75) is 25.0 Å². The first-order valence-corrected chi connectivity index (χ1v) is 5.16. The van der Waals surface area contributed by atoms with Crippen molar-refractivity contribution in [3.63, 3.8) is 0 Å². The average molecular weight is 186 g/mol. The van der Waals surface area contributed by atoms with Crippen LogP contribution in [0.25, 0.3) is 0 Å². The van der Waals surface area contributed by atoms with Gasteiger partial charge in [0.2, 0.25) is 0 Å². The summed E-state index contributed by atoms with van der Waals surface area (Å²) in [5.41, 5.74) is 1.14. The Morgan fingerprint density at radius 3 is 2.92 bits per heavy atom. The predicted molar refractivity (Wildman–Crippen MR) is 51.3 cm³/mol. The first-order valence-electron chi connectivity index (χ1n) is 4.12. The number of esters is 1. The zero-order chi connectivity index (χ0) is 8.97. The molecule has 2 nitrogen and oxygen atoms in total. The second-order valence-corrected chi connectivity index (χ2v) is 4.22. The molecule has 0 amide bonds. The molecule has 1 atom stereocenters. The van der Waals surface area contributed by atoms with E-state index in [1.54, 1.807) is 6.08 Å². The molecule has 1 unspecified atom stereocenters. The maximum Gasteiger partial charge on any atom is 0.330 e. The molecule has 0 aromatic heterocycles. The second-order valence-electron chi connectivity index (χ2n) is 2.91. The Bertz CT molecular complexity index is 193. The molecule has 0 N–H and O–H groups in total. The van der Waals surface area contributed by atoms with Crippen LogP contribution in [0.1, 0.15) is 19.8 Å². The van der Waals surface area contributed by atoms with E-state index in [4.69, 9.17) is 0 Å². The van der Waals surface area contributed by atoms with Gasteiger partial charge in [-0.25, -0.2) is 4.79 Å². The van der Waals surface area contributed by atoms with Crippen LogP contribution >= 0.6 is 11.8 Å². The van der Waals surface area contributed by atoms with Gasteiger partial charge in [0.25, 0.3) is 0 Å². The van der Waals surface area contributed by atoms with Crippen LogP contribution in [0.15, 0.2) is 11.6 Å². The zero-order valence-electron chi connectivity index (χ0n) is 7.50. The molecule has 0 bridgehead atoms. The Balaban J connectivity index is 2.49. The highest BCUT2D eigenvalue weighted by atomic mass is 32.2. The third-order valence-electron chi connectivity index (χ3n) is 1.98. The third-order valence-corrected chi connectivity index (χ3v) is 3.52. The summed E-state index contributed by atoms with van der Waals surface area (Å²) in [5.74, 6) is 0.983. The zero-order valence-corrected chi connectivity index (χ0v) is 8.32. The van der Waals surface area contributed by atoms with Crippen molar-refractivity contribution >= 4 is 17.7 Å². The van der Waals surface area contributed by atoms with Crippen LogP contribution < -0.4 is 0 Å². The molecule has 1 saturated heterocycles. The first kappa shape index (κ1) is 9.65. The van der Waals surface area contributed by atoms with Crippen molar-refractivity contribution in [2.24, 2.45) is 0 Å². The van der Waals surface area contributed by atoms with E-state index in [0.717, 1.165) is 5.57 Å². The maximum atomic E-state index is 10.9. The van der Waals surface area contributed by atoms with Crippen LogP contribution in [0.3, 0.4) is 0 Å². The highest BCUT2D eigenvalue weighted by molar-refractivity contribution is 8.00. The van der Waals surface area contributed by atoms with E-state index in [0.29, 0.717) is 5.25 Å². The van der Waals surface area contributed by atoms with Gasteiger partial charge in [-0.15, -0.1) is 0 Å². The van der Waals surface area contributed by atoms with Gasteiger partial charge in [-0.3, -0.25) is 0 Å². The van der Waals surface area contributed by atoms with Crippen LogP contribution in [-0.2, 0) is 9.53 Å². The van der Waals surface area contributed by atoms with E-state index >= 15 is 0 Å². The summed E-state index contributed by atoms with van der Waals surface area (Å²) < 4.78 is 4.56. The molecule has 3 heteroatoms. The molecule has 0 aliphatic carbocycles. The number of thioether (sulfide) groups is 1. The topological polar surface area (TPSA) is 26.3 Å². The number of hydrogen-bond donors (Lipinski definition) is 0. The molecule has 1 fully saturated rings. The Labute approximate surface area is 77.4 Å². The van der Waals surface area contributed by atoms with Gasteiger partial charge < -0.3 is 4.74 Å². The Morgan fingerprint density at radius 1 is 1.67 bits per heavy atom. The number of rotatable bonds is 2. The van der Waals surface area contributed by atoms with Crippen molar-refractivity contribution < 1.29 is 9.53 Å². The minimum atomic E-state index is -0.236. The average Bonchev–Trinajstić information content (AvgIpc) is 2.56. The Hall–Kier alpha value is -0.440. The molecule has 0 saturated carbocycles. The standard InChI is InChI=1S/C9H14O2S/c1-7(6-9(10)11-2)8-4-3-5-12-8/h6,8H,3-5H2,1-2H3/b7-6+. The van der Waals surface area contributed by atoms with E-state index < -0.39 is 0 Å². The summed E-state index contributed by atoms with van der Waals surface area (Å²) in [4.78, 5) is 10.9. The maximum absolute atomic E-state index is 10.9. The molecule has 1 aliphatic heterocycles. The molecule has 0 radical (unpaired) electrons. The van der Waals surface area contributed by atoms with Gasteiger partial charge in [-0.2, -0.15) is 11.8 Å². The Morgan fingerprint density at radius 2 is 2.42 bits per heavy atom. The smallest absolute Gasteiger partial charge is 0.330 e. The lowest BCUT2D eigenvalue weighted by molar-refractivity contribution is -0.134. The van der Waals surface area contributed by atoms with Crippen molar-refractivity contribution in [1.82, 2.24) is 0 Å². The predicted octanol–water partition coefficient (Wildman–Crippen LogP) is 2.00. The van der Waals surface area contributed by atoms with Crippen LogP contribution in [-0.4, -0.2) is 24.1 Å². The summed E-state index contributed by atoms with van der Waals surface area (Å²) in [5, 5.41) is 0.545. The largest absolute Gasteiger partial charge is 0.466 e. The molecule has 0 aromatic rings. The van der Waals surface area contributed by atoms with Crippen LogP contribution in [0.4, 0.5) is 0 Å². The van der Waals surface area contributed by atoms with E-state index in [1.165, 1.54) is 25.7 Å². The number of methoxy groups -OCH3 is 1. The number of hydrogen-bond acceptors (Lipinski definition) is 3. The van der Waals surface area contributed by atoms with E-state index in [1.807, 2.05) is 18.7 Å². The van der Waals surface area contributed by atoms with Gasteiger partial charge >= 0.3 is 5.97 Å². The van der Waals surface area contributed by atoms with Gasteiger partial charge in [0, 0.05) is 11.3 Å². The number of carbonyl (C=O) groups excluding carboxylic acids is 1. The van der Waals surface area contributed by atoms with E-state index in [9.17, 15) is 4.79 Å². The van der Waals surface area contributed by atoms with E-state index in [-0.39, 0.29) is 5.97 Å². The van der Waals surface area contributed by atoms with Crippen LogP contribution in [0, 0.1) is 0 Å². The lowest BCUT2D eigenvalue weighted by atomic mass is 10.1. The minimum absolute atomic E-state index is 0.236. The first-order chi connectivity index (χ1) is 5.74. The van der Waals surface area contributed by atoms with Crippen molar-refractivity contribution in [3.8, 4) is 0 Å². The molecule has 1 heterocycles. The number of carbonyl (C=O) groups is 1. The summed E-state index contributed by atoms with van der Waals surface area (Å²) in [6.45, 7) is 2.00. The molecule has 0 spiro atoms. The third kappa shape index (κ3) is 2.55. The Kier molecular flexibility index (Phi) is 3.66. The second kappa shape index (κ2) is 4.55. The van der Waals surface area contributed by atoms with Crippen molar-refractivity contribution in [1.29, 1.82) is 0 Å². The fourth-order valence-electron chi connectivity index (χ4n) is 1.27. The quantitative estimate of drug-likeness (QED) is 0.487. The highest BCUT2D eigenvalue weighted by Crippen LogP contribution is 2.31. The van der Waals surface area contributed by atoms with Gasteiger partial charge in [0.1, 0.15) is 0 Å². The number of ether oxygens (including phenoxy) is 1. The fourth-order valence-corrected chi connectivity index (χ4v) is 2.56. The van der Waals surface area contributed by atoms with Crippen molar-refractivity contribution in [2.75, 3.05) is 12.9 Å². The minimum Gasteiger partial charge on any atom is -0.466 e. The molecular formula is C9H14O2S. The van der Waals surface area contributed by atoms with Gasteiger partial charge in [-0.1, -0.05) is 5.57 Å². The molecular weight excluding hydrogens is 172 g/mol. The fraction of sp³-hybridized carbons (Fsp3) is 0.667. The SMILES string of the molecule is COC(=O)/C=C(\C)C1CCCS1. The van der Waals surface area contributed by atoms with Gasteiger partial charge in [-0.05, 0) is 25.5 Å². The van der Waals surface area contributed by atoms with E-state index in [2.05, 4.69) is 4.74 Å². The van der Waals surface area contributed by atoms with Gasteiger partial charge in [0.05, 0.1) is 7.11 Å². The molecule has 68 valence electrons. The molecule has 12 heavy (non-hydrogen) atoms. The van der Waals surface area contributed by atoms with Crippen LogP contribution in [0.2, 0.25) is 0 Å².